The Bertz CT molecular complexity index is 203. The van der Waals surface area contributed by atoms with Gasteiger partial charge in [-0.15, -0.1) is 0 Å². The number of hydrogen-bond donors (Lipinski definition) is 0. The molecular formula is C6H12O4S. The highest BCUT2D eigenvalue weighted by molar-refractivity contribution is 7.86. The van der Waals surface area contributed by atoms with Crippen LogP contribution < -0.4 is 0 Å². The SMILES string of the molecule is CCS(=O)(=O)OC1CCOC1. The Labute approximate surface area is 66.6 Å². The molecule has 0 N–H and O–H groups in total. The first-order valence-electron chi connectivity index (χ1n) is 3.63. The first kappa shape index (κ1) is 8.96. The van der Waals surface area contributed by atoms with E-state index in [1.807, 2.05) is 0 Å². The Morgan fingerprint density at radius 2 is 2.36 bits per heavy atom. The molecule has 11 heavy (non-hydrogen) atoms. The van der Waals surface area contributed by atoms with Crippen LogP contribution in [0.4, 0.5) is 0 Å². The van der Waals surface area contributed by atoms with Crippen molar-refractivity contribution in [1.82, 2.24) is 0 Å². The summed E-state index contributed by atoms with van der Waals surface area (Å²) in [4.78, 5) is 0. The molecule has 1 fully saturated rings. The summed E-state index contributed by atoms with van der Waals surface area (Å²) in [6, 6.07) is 0. The van der Waals surface area contributed by atoms with Gasteiger partial charge in [0.2, 0.25) is 0 Å². The fraction of sp³-hybridized carbons (Fsp3) is 1.00. The van der Waals surface area contributed by atoms with Gasteiger partial charge in [-0.05, 0) is 6.92 Å². The quantitative estimate of drug-likeness (QED) is 0.580. The van der Waals surface area contributed by atoms with Gasteiger partial charge >= 0.3 is 0 Å². The lowest BCUT2D eigenvalue weighted by atomic mass is 10.3. The van der Waals surface area contributed by atoms with Gasteiger partial charge in [-0.25, -0.2) is 0 Å². The molecule has 1 aliphatic heterocycles. The highest BCUT2D eigenvalue weighted by Gasteiger charge is 2.21. The maximum absolute atomic E-state index is 10.9. The van der Waals surface area contributed by atoms with Crippen molar-refractivity contribution in [3.05, 3.63) is 0 Å². The summed E-state index contributed by atoms with van der Waals surface area (Å²) < 4.78 is 31.5. The first-order chi connectivity index (χ1) is 5.14. The van der Waals surface area contributed by atoms with Crippen molar-refractivity contribution in [3.8, 4) is 0 Å². The van der Waals surface area contributed by atoms with Crippen LogP contribution in [0.25, 0.3) is 0 Å². The zero-order valence-corrected chi connectivity index (χ0v) is 7.26. The van der Waals surface area contributed by atoms with Gasteiger partial charge in [0, 0.05) is 13.0 Å². The minimum Gasteiger partial charge on any atom is -0.379 e. The normalized spacial score (nSPS) is 25.7. The standard InChI is InChI=1S/C6H12O4S/c1-2-11(7,8)10-6-3-4-9-5-6/h6H,2-5H2,1H3. The van der Waals surface area contributed by atoms with Gasteiger partial charge < -0.3 is 4.74 Å². The van der Waals surface area contributed by atoms with Crippen LogP contribution in [0.1, 0.15) is 13.3 Å². The number of rotatable bonds is 3. The van der Waals surface area contributed by atoms with Crippen molar-refractivity contribution >= 4 is 10.1 Å². The lowest BCUT2D eigenvalue weighted by Gasteiger charge is -2.07. The molecule has 66 valence electrons. The molecule has 1 rings (SSSR count). The summed E-state index contributed by atoms with van der Waals surface area (Å²) in [6.07, 6.45) is 0.430. The lowest BCUT2D eigenvalue weighted by Crippen LogP contribution is -2.19. The molecule has 0 radical (unpaired) electrons. The maximum atomic E-state index is 10.9. The molecule has 0 spiro atoms. The van der Waals surface area contributed by atoms with E-state index < -0.39 is 10.1 Å². The molecule has 0 aromatic heterocycles. The predicted molar refractivity (Wildman–Crippen MR) is 39.8 cm³/mol. The van der Waals surface area contributed by atoms with Crippen LogP contribution in [0, 0.1) is 0 Å². The van der Waals surface area contributed by atoms with Gasteiger partial charge in [0.1, 0.15) is 6.10 Å². The second-order valence-electron chi connectivity index (χ2n) is 2.43. The highest BCUT2D eigenvalue weighted by atomic mass is 32.2. The third kappa shape index (κ3) is 2.76. The largest absolute Gasteiger partial charge is 0.379 e. The molecular weight excluding hydrogens is 168 g/mol. The fourth-order valence-electron chi connectivity index (χ4n) is 0.864. The lowest BCUT2D eigenvalue weighted by molar-refractivity contribution is 0.145. The average molecular weight is 180 g/mol. The fourth-order valence-corrected chi connectivity index (χ4v) is 1.57. The van der Waals surface area contributed by atoms with Crippen LogP contribution in [-0.4, -0.2) is 33.5 Å². The van der Waals surface area contributed by atoms with Crippen molar-refractivity contribution in [2.45, 2.75) is 19.4 Å². The second kappa shape index (κ2) is 3.51. The topological polar surface area (TPSA) is 52.6 Å². The molecule has 1 atom stereocenters. The molecule has 0 aromatic rings. The first-order valence-corrected chi connectivity index (χ1v) is 5.20. The van der Waals surface area contributed by atoms with Crippen LogP contribution in [0.2, 0.25) is 0 Å². The summed E-state index contributed by atoms with van der Waals surface area (Å²) in [7, 11) is -3.28. The molecule has 1 heterocycles. The molecule has 0 saturated carbocycles. The van der Waals surface area contributed by atoms with Gasteiger partial charge in [0.25, 0.3) is 10.1 Å². The smallest absolute Gasteiger partial charge is 0.267 e. The molecule has 0 aromatic carbocycles. The molecule has 5 heteroatoms. The van der Waals surface area contributed by atoms with Crippen LogP contribution in [0.5, 0.6) is 0 Å². The summed E-state index contributed by atoms with van der Waals surface area (Å²) >= 11 is 0. The summed E-state index contributed by atoms with van der Waals surface area (Å²) in [5.41, 5.74) is 0. The minimum absolute atomic E-state index is 0.0312. The van der Waals surface area contributed by atoms with E-state index in [2.05, 4.69) is 0 Å². The minimum atomic E-state index is -3.28. The van der Waals surface area contributed by atoms with Crippen molar-refractivity contribution in [2.24, 2.45) is 0 Å². The van der Waals surface area contributed by atoms with E-state index in [1.165, 1.54) is 0 Å². The zero-order chi connectivity index (χ0) is 8.32. The van der Waals surface area contributed by atoms with E-state index in [0.29, 0.717) is 19.6 Å². The monoisotopic (exact) mass is 180 g/mol. The van der Waals surface area contributed by atoms with Gasteiger partial charge in [-0.2, -0.15) is 8.42 Å². The number of ether oxygens (including phenoxy) is 1. The van der Waals surface area contributed by atoms with Crippen LogP contribution in [0.3, 0.4) is 0 Å². The van der Waals surface area contributed by atoms with E-state index in [0.717, 1.165) is 0 Å². The Kier molecular flexibility index (Phi) is 2.86. The van der Waals surface area contributed by atoms with Crippen molar-refractivity contribution in [2.75, 3.05) is 19.0 Å². The average Bonchev–Trinajstić information content (AvgIpc) is 2.39. The van der Waals surface area contributed by atoms with Gasteiger partial charge in [-0.3, -0.25) is 4.18 Å². The molecule has 1 unspecified atom stereocenters. The highest BCUT2D eigenvalue weighted by Crippen LogP contribution is 2.11. The van der Waals surface area contributed by atoms with E-state index in [9.17, 15) is 8.42 Å². The van der Waals surface area contributed by atoms with Crippen molar-refractivity contribution < 1.29 is 17.3 Å². The molecule has 1 aliphatic rings. The Hall–Kier alpha value is -0.130. The Balaban J connectivity index is 2.41. The van der Waals surface area contributed by atoms with Crippen LogP contribution in [0.15, 0.2) is 0 Å². The van der Waals surface area contributed by atoms with Gasteiger partial charge in [0.05, 0.1) is 12.4 Å². The van der Waals surface area contributed by atoms with E-state index in [4.69, 9.17) is 8.92 Å². The number of hydrogen-bond acceptors (Lipinski definition) is 4. The second-order valence-corrected chi connectivity index (χ2v) is 4.31. The molecule has 4 nitrogen and oxygen atoms in total. The van der Waals surface area contributed by atoms with E-state index >= 15 is 0 Å². The van der Waals surface area contributed by atoms with E-state index in [1.54, 1.807) is 6.92 Å². The summed E-state index contributed by atoms with van der Waals surface area (Å²) in [5, 5.41) is 0. The van der Waals surface area contributed by atoms with E-state index in [-0.39, 0.29) is 11.9 Å². The molecule has 1 saturated heterocycles. The molecule has 0 bridgehead atoms. The van der Waals surface area contributed by atoms with Gasteiger partial charge in [0.15, 0.2) is 0 Å². The Morgan fingerprint density at radius 1 is 1.64 bits per heavy atom. The van der Waals surface area contributed by atoms with Crippen LogP contribution in [-0.2, 0) is 19.0 Å². The van der Waals surface area contributed by atoms with Gasteiger partial charge in [-0.1, -0.05) is 0 Å². The zero-order valence-electron chi connectivity index (χ0n) is 6.45. The Morgan fingerprint density at radius 3 is 2.82 bits per heavy atom. The van der Waals surface area contributed by atoms with Crippen LogP contribution >= 0.6 is 0 Å². The van der Waals surface area contributed by atoms with Crippen molar-refractivity contribution in [1.29, 1.82) is 0 Å². The summed E-state index contributed by atoms with van der Waals surface area (Å²) in [6.45, 7) is 2.56. The molecule has 0 aliphatic carbocycles. The predicted octanol–water partition coefficient (Wildman–Crippen LogP) is 0.142. The summed E-state index contributed by atoms with van der Waals surface area (Å²) in [5.74, 6) is 0.0312. The third-order valence-electron chi connectivity index (χ3n) is 1.52. The maximum Gasteiger partial charge on any atom is 0.267 e. The van der Waals surface area contributed by atoms with Crippen molar-refractivity contribution in [3.63, 3.8) is 0 Å². The molecule has 0 amide bonds. The third-order valence-corrected chi connectivity index (χ3v) is 2.80.